The molecule has 4 N–H and O–H groups in total. The standard InChI is InChI=1S/C13H20N4O7S/c14-8-3-7(4-8)11(18)5-15-12(19)10-2-1-9-6-16(10)13(20)17(9)24-25(21,22)23/h7-10H,1-6,14H2,(H,15,19)(H,21,22,23)/t7?,8?,9-,10+/m1/s1. The first-order chi connectivity index (χ1) is 11.7. The molecule has 12 heteroatoms. The number of rotatable bonds is 6. The lowest BCUT2D eigenvalue weighted by Crippen LogP contribution is -2.51. The lowest BCUT2D eigenvalue weighted by molar-refractivity contribution is -0.131. The van der Waals surface area contributed by atoms with Crippen molar-refractivity contribution in [3.8, 4) is 0 Å². The van der Waals surface area contributed by atoms with Crippen molar-refractivity contribution in [1.29, 1.82) is 0 Å². The summed E-state index contributed by atoms with van der Waals surface area (Å²) >= 11 is 0. The monoisotopic (exact) mass is 376 g/mol. The van der Waals surface area contributed by atoms with Crippen molar-refractivity contribution in [3.05, 3.63) is 0 Å². The fourth-order valence-corrected chi connectivity index (χ4v) is 3.85. The Morgan fingerprint density at radius 2 is 2.00 bits per heavy atom. The molecule has 0 radical (unpaired) electrons. The molecule has 3 rings (SSSR count). The summed E-state index contributed by atoms with van der Waals surface area (Å²) in [6, 6.07) is -2.14. The summed E-state index contributed by atoms with van der Waals surface area (Å²) in [5, 5.41) is 3.11. The van der Waals surface area contributed by atoms with Gasteiger partial charge in [-0.25, -0.2) is 4.79 Å². The van der Waals surface area contributed by atoms with E-state index in [4.69, 9.17) is 10.3 Å². The molecular weight excluding hydrogens is 356 g/mol. The van der Waals surface area contributed by atoms with E-state index in [2.05, 4.69) is 9.60 Å². The molecule has 3 amide bonds. The molecule has 3 aliphatic rings. The van der Waals surface area contributed by atoms with Crippen LogP contribution >= 0.6 is 0 Å². The number of nitrogens with two attached hydrogens (primary N) is 1. The Bertz CT molecular complexity index is 690. The zero-order chi connectivity index (χ0) is 18.4. The minimum absolute atomic E-state index is 0.0379. The average molecular weight is 376 g/mol. The number of amides is 3. The Morgan fingerprint density at radius 1 is 1.32 bits per heavy atom. The summed E-state index contributed by atoms with van der Waals surface area (Å²) in [6.07, 6.45) is 1.87. The van der Waals surface area contributed by atoms with E-state index in [1.54, 1.807) is 0 Å². The van der Waals surface area contributed by atoms with Gasteiger partial charge in [0.15, 0.2) is 5.78 Å². The largest absolute Gasteiger partial charge is 0.418 e. The maximum absolute atomic E-state index is 12.3. The van der Waals surface area contributed by atoms with Crippen molar-refractivity contribution >= 4 is 28.1 Å². The molecule has 3 fully saturated rings. The summed E-state index contributed by atoms with van der Waals surface area (Å²) in [7, 11) is -4.83. The van der Waals surface area contributed by atoms with Crippen LogP contribution in [0.1, 0.15) is 25.7 Å². The molecule has 2 atom stereocenters. The molecule has 0 aromatic rings. The number of fused-ring (bicyclic) bond motifs is 2. The van der Waals surface area contributed by atoms with Crippen LogP contribution in [0.2, 0.25) is 0 Å². The molecule has 0 spiro atoms. The van der Waals surface area contributed by atoms with Crippen molar-refractivity contribution in [2.24, 2.45) is 11.7 Å². The first-order valence-corrected chi connectivity index (χ1v) is 9.35. The summed E-state index contributed by atoms with van der Waals surface area (Å²) in [6.45, 7) is -0.0126. The molecule has 11 nitrogen and oxygen atoms in total. The normalized spacial score (nSPS) is 31.7. The van der Waals surface area contributed by atoms with Gasteiger partial charge in [-0.05, 0) is 25.7 Å². The van der Waals surface area contributed by atoms with E-state index in [9.17, 15) is 22.8 Å². The Hall–Kier alpha value is -1.76. The molecule has 0 aromatic carbocycles. The lowest BCUT2D eigenvalue weighted by Gasteiger charge is -2.32. The third-order valence-corrected chi connectivity index (χ3v) is 5.22. The Kier molecular flexibility index (Phi) is 4.70. The van der Waals surface area contributed by atoms with Gasteiger partial charge < -0.3 is 16.0 Å². The highest BCUT2D eigenvalue weighted by Gasteiger charge is 2.49. The van der Waals surface area contributed by atoms with Gasteiger partial charge in [-0.1, -0.05) is 0 Å². The topological polar surface area (TPSA) is 159 Å². The van der Waals surface area contributed by atoms with Gasteiger partial charge in [0, 0.05) is 18.5 Å². The average Bonchev–Trinajstić information content (AvgIpc) is 2.73. The van der Waals surface area contributed by atoms with E-state index in [1.165, 1.54) is 4.90 Å². The number of piperidine rings is 1. The van der Waals surface area contributed by atoms with Gasteiger partial charge in [-0.2, -0.15) is 13.5 Å². The fourth-order valence-electron chi connectivity index (χ4n) is 3.47. The third-order valence-electron chi connectivity index (χ3n) is 4.87. The number of carbonyl (C=O) groups is 3. The number of hydrogen-bond acceptors (Lipinski definition) is 7. The summed E-state index contributed by atoms with van der Waals surface area (Å²) in [5.41, 5.74) is 5.63. The van der Waals surface area contributed by atoms with Crippen LogP contribution in [0.25, 0.3) is 0 Å². The third kappa shape index (κ3) is 3.76. The molecule has 0 aromatic heterocycles. The van der Waals surface area contributed by atoms with Gasteiger partial charge in [0.25, 0.3) is 0 Å². The van der Waals surface area contributed by atoms with Crippen molar-refractivity contribution < 1.29 is 31.6 Å². The predicted octanol–water partition coefficient (Wildman–Crippen LogP) is -1.59. The molecule has 2 heterocycles. The van der Waals surface area contributed by atoms with Gasteiger partial charge in [-0.3, -0.25) is 14.1 Å². The number of nitrogens with one attached hydrogen (secondary N) is 1. The molecule has 2 aliphatic heterocycles. The second-order valence-electron chi connectivity index (χ2n) is 6.62. The van der Waals surface area contributed by atoms with Crippen LogP contribution in [0.5, 0.6) is 0 Å². The van der Waals surface area contributed by atoms with Crippen molar-refractivity contribution in [2.45, 2.75) is 43.8 Å². The first-order valence-electron chi connectivity index (χ1n) is 7.98. The van der Waals surface area contributed by atoms with Crippen LogP contribution in [0.3, 0.4) is 0 Å². The van der Waals surface area contributed by atoms with E-state index >= 15 is 0 Å². The molecule has 0 unspecified atom stereocenters. The number of ketones is 1. The number of carbonyl (C=O) groups excluding carboxylic acids is 3. The summed E-state index contributed by atoms with van der Waals surface area (Å²) in [5.74, 6) is -0.691. The van der Waals surface area contributed by atoms with Crippen molar-refractivity contribution in [1.82, 2.24) is 15.3 Å². The second-order valence-corrected chi connectivity index (χ2v) is 7.63. The number of Topliss-reactive ketones (excluding diaryl/α,β-unsaturated/α-hetero) is 1. The van der Waals surface area contributed by atoms with E-state index in [1.807, 2.05) is 0 Å². The fraction of sp³-hybridized carbons (Fsp3) is 0.769. The number of nitrogens with zero attached hydrogens (tertiary/aromatic N) is 2. The highest BCUT2D eigenvalue weighted by molar-refractivity contribution is 7.80. The van der Waals surface area contributed by atoms with E-state index in [0.717, 1.165) is 0 Å². The Morgan fingerprint density at radius 3 is 2.60 bits per heavy atom. The Labute approximate surface area is 144 Å². The van der Waals surface area contributed by atoms with Crippen LogP contribution in [-0.2, 0) is 24.3 Å². The molecule has 140 valence electrons. The van der Waals surface area contributed by atoms with Gasteiger partial charge in [0.1, 0.15) is 6.04 Å². The predicted molar refractivity (Wildman–Crippen MR) is 82.1 cm³/mol. The first kappa shape index (κ1) is 18.0. The van der Waals surface area contributed by atoms with Crippen molar-refractivity contribution in [2.75, 3.05) is 13.1 Å². The molecule has 2 saturated heterocycles. The van der Waals surface area contributed by atoms with Gasteiger partial charge in [-0.15, -0.1) is 4.28 Å². The smallest absolute Gasteiger partial charge is 0.347 e. The van der Waals surface area contributed by atoms with Gasteiger partial charge in [0.2, 0.25) is 5.91 Å². The van der Waals surface area contributed by atoms with Crippen LogP contribution in [0, 0.1) is 5.92 Å². The molecule has 1 aliphatic carbocycles. The SMILES string of the molecule is NC1CC(C(=O)CNC(=O)[C@@H]2CC[C@@H]3CN2C(=O)N3OS(=O)(=O)O)C1. The number of hydroxylamine groups is 2. The minimum Gasteiger partial charge on any atom is -0.347 e. The maximum Gasteiger partial charge on any atom is 0.418 e. The second kappa shape index (κ2) is 6.52. The molecular formula is C13H20N4O7S. The minimum atomic E-state index is -4.83. The zero-order valence-corrected chi connectivity index (χ0v) is 14.1. The number of hydrogen-bond donors (Lipinski definition) is 3. The summed E-state index contributed by atoms with van der Waals surface area (Å²) in [4.78, 5) is 37.6. The van der Waals surface area contributed by atoms with Crippen LogP contribution < -0.4 is 11.1 Å². The highest BCUT2D eigenvalue weighted by atomic mass is 32.3. The van der Waals surface area contributed by atoms with E-state index < -0.39 is 34.4 Å². The van der Waals surface area contributed by atoms with Crippen LogP contribution in [-0.4, -0.2) is 71.9 Å². The molecule has 25 heavy (non-hydrogen) atoms. The molecule has 2 bridgehead atoms. The molecule has 1 saturated carbocycles. The van der Waals surface area contributed by atoms with E-state index in [0.29, 0.717) is 30.7 Å². The van der Waals surface area contributed by atoms with Crippen molar-refractivity contribution in [3.63, 3.8) is 0 Å². The van der Waals surface area contributed by atoms with Crippen LogP contribution in [0.4, 0.5) is 4.79 Å². The Balaban J connectivity index is 1.56. The van der Waals surface area contributed by atoms with Gasteiger partial charge in [0.05, 0.1) is 12.6 Å². The highest BCUT2D eigenvalue weighted by Crippen LogP contribution is 2.31. The van der Waals surface area contributed by atoms with Gasteiger partial charge >= 0.3 is 16.4 Å². The maximum atomic E-state index is 12.3. The lowest BCUT2D eigenvalue weighted by atomic mass is 9.78. The van der Waals surface area contributed by atoms with E-state index in [-0.39, 0.29) is 30.8 Å². The number of urea groups is 1. The quantitative estimate of drug-likeness (QED) is 0.468. The van der Waals surface area contributed by atoms with Crippen LogP contribution in [0.15, 0.2) is 0 Å². The summed E-state index contributed by atoms with van der Waals surface area (Å²) < 4.78 is 34.7. The zero-order valence-electron chi connectivity index (χ0n) is 13.3.